The van der Waals surface area contributed by atoms with Gasteiger partial charge >= 0.3 is 5.97 Å². The number of rotatable bonds is 7. The maximum Gasteiger partial charge on any atom is 0.330 e. The summed E-state index contributed by atoms with van der Waals surface area (Å²) in [7, 11) is 1.41. The summed E-state index contributed by atoms with van der Waals surface area (Å²) in [5.74, 6) is -0.252. The van der Waals surface area contributed by atoms with Gasteiger partial charge in [0, 0.05) is 6.21 Å². The second-order valence-corrected chi connectivity index (χ2v) is 4.22. The Morgan fingerprint density at radius 3 is 2.67 bits per heavy atom. The Bertz CT molecular complexity index is 373. The van der Waals surface area contributed by atoms with E-state index in [2.05, 4.69) is 11.9 Å². The third-order valence-electron chi connectivity index (χ3n) is 2.76. The molecule has 3 heteroatoms. The first-order valence-electron chi connectivity index (χ1n) is 6.44. The number of carbonyl (C=O) groups excluding carboxylic acids is 1. The summed E-state index contributed by atoms with van der Waals surface area (Å²) in [6.45, 7) is 2.14. The Morgan fingerprint density at radius 1 is 1.33 bits per heavy atom. The lowest BCUT2D eigenvalue weighted by atomic mass is 10.1. The van der Waals surface area contributed by atoms with Crippen molar-refractivity contribution in [3.8, 4) is 0 Å². The standard InChI is InChI=1S/C15H21NO2/c1-3-4-6-11-14(15(17)18-2)16-12-13-9-7-5-8-10-13/h5,7-10,12,14H,3-4,6,11H2,1-2H3/b16-12+/t14-/m0/s1. The van der Waals surface area contributed by atoms with Crippen LogP contribution in [-0.2, 0) is 9.53 Å². The Kier molecular flexibility index (Phi) is 6.77. The van der Waals surface area contributed by atoms with E-state index in [0.717, 1.165) is 31.2 Å². The topological polar surface area (TPSA) is 38.7 Å². The number of methoxy groups -OCH3 is 1. The van der Waals surface area contributed by atoms with Crippen LogP contribution in [0.4, 0.5) is 0 Å². The summed E-state index contributed by atoms with van der Waals surface area (Å²) in [4.78, 5) is 15.9. The molecule has 0 fully saturated rings. The van der Waals surface area contributed by atoms with Gasteiger partial charge in [0.25, 0.3) is 0 Å². The molecule has 0 unspecified atom stereocenters. The summed E-state index contributed by atoms with van der Waals surface area (Å²) in [6.07, 6.45) is 5.75. The Balaban J connectivity index is 2.60. The van der Waals surface area contributed by atoms with E-state index in [1.54, 1.807) is 6.21 Å². The molecule has 0 N–H and O–H groups in total. The zero-order valence-corrected chi connectivity index (χ0v) is 11.1. The lowest BCUT2D eigenvalue weighted by molar-refractivity contribution is -0.142. The van der Waals surface area contributed by atoms with Gasteiger partial charge in [-0.2, -0.15) is 0 Å². The van der Waals surface area contributed by atoms with Crippen molar-refractivity contribution in [1.29, 1.82) is 0 Å². The van der Waals surface area contributed by atoms with Crippen LogP contribution in [0.25, 0.3) is 0 Å². The van der Waals surface area contributed by atoms with E-state index in [-0.39, 0.29) is 12.0 Å². The monoisotopic (exact) mass is 247 g/mol. The van der Waals surface area contributed by atoms with Gasteiger partial charge in [0.15, 0.2) is 0 Å². The number of hydrogen-bond acceptors (Lipinski definition) is 3. The van der Waals surface area contributed by atoms with Crippen LogP contribution in [0, 0.1) is 0 Å². The number of benzene rings is 1. The number of unbranched alkanes of at least 4 members (excludes halogenated alkanes) is 2. The molecule has 1 rings (SSSR count). The van der Waals surface area contributed by atoms with E-state index in [1.165, 1.54) is 7.11 Å². The van der Waals surface area contributed by atoms with Crippen molar-refractivity contribution in [3.63, 3.8) is 0 Å². The number of esters is 1. The van der Waals surface area contributed by atoms with E-state index in [4.69, 9.17) is 4.74 Å². The highest BCUT2D eigenvalue weighted by atomic mass is 16.5. The Morgan fingerprint density at radius 2 is 2.06 bits per heavy atom. The van der Waals surface area contributed by atoms with Gasteiger partial charge in [0.2, 0.25) is 0 Å². The van der Waals surface area contributed by atoms with Crippen molar-refractivity contribution in [2.24, 2.45) is 4.99 Å². The summed E-state index contributed by atoms with van der Waals surface area (Å²) >= 11 is 0. The highest BCUT2D eigenvalue weighted by molar-refractivity contribution is 5.83. The van der Waals surface area contributed by atoms with Gasteiger partial charge in [0.1, 0.15) is 6.04 Å². The number of nitrogens with zero attached hydrogens (tertiary/aromatic N) is 1. The molecular formula is C15H21NO2. The van der Waals surface area contributed by atoms with Crippen molar-refractivity contribution < 1.29 is 9.53 Å². The molecule has 0 bridgehead atoms. The van der Waals surface area contributed by atoms with Crippen LogP contribution in [0.5, 0.6) is 0 Å². The molecule has 0 aromatic heterocycles. The van der Waals surface area contributed by atoms with E-state index in [9.17, 15) is 4.79 Å². The second-order valence-electron chi connectivity index (χ2n) is 4.22. The molecule has 0 heterocycles. The maximum absolute atomic E-state index is 11.6. The maximum atomic E-state index is 11.6. The molecule has 0 spiro atoms. The van der Waals surface area contributed by atoms with Crippen LogP contribution in [0.3, 0.4) is 0 Å². The minimum absolute atomic E-state index is 0.252. The predicted octanol–water partition coefficient (Wildman–Crippen LogP) is 3.23. The van der Waals surface area contributed by atoms with Crippen molar-refractivity contribution in [1.82, 2.24) is 0 Å². The van der Waals surface area contributed by atoms with Gasteiger partial charge < -0.3 is 4.74 Å². The highest BCUT2D eigenvalue weighted by Gasteiger charge is 2.16. The molecule has 0 amide bonds. The van der Waals surface area contributed by atoms with Gasteiger partial charge in [-0.25, -0.2) is 4.79 Å². The minimum atomic E-state index is -0.373. The minimum Gasteiger partial charge on any atom is -0.467 e. The van der Waals surface area contributed by atoms with E-state index in [0.29, 0.717) is 0 Å². The molecule has 0 radical (unpaired) electrons. The molecule has 0 aliphatic rings. The fourth-order valence-corrected chi connectivity index (χ4v) is 1.69. The van der Waals surface area contributed by atoms with Gasteiger partial charge in [-0.15, -0.1) is 0 Å². The van der Waals surface area contributed by atoms with Crippen LogP contribution < -0.4 is 0 Å². The smallest absolute Gasteiger partial charge is 0.330 e. The van der Waals surface area contributed by atoms with E-state index < -0.39 is 0 Å². The zero-order valence-electron chi connectivity index (χ0n) is 11.1. The summed E-state index contributed by atoms with van der Waals surface area (Å²) in [5.41, 5.74) is 1.00. The number of ether oxygens (including phenoxy) is 1. The lowest BCUT2D eigenvalue weighted by Gasteiger charge is -2.09. The third-order valence-corrected chi connectivity index (χ3v) is 2.76. The number of hydrogen-bond donors (Lipinski definition) is 0. The molecule has 0 saturated carbocycles. The SMILES string of the molecule is CCCCC[C@H](/N=C/c1ccccc1)C(=O)OC. The van der Waals surface area contributed by atoms with Crippen LogP contribution in [0.2, 0.25) is 0 Å². The molecule has 0 aliphatic heterocycles. The fraction of sp³-hybridized carbons (Fsp3) is 0.467. The zero-order chi connectivity index (χ0) is 13.2. The first-order chi connectivity index (χ1) is 8.77. The quantitative estimate of drug-likeness (QED) is 0.421. The van der Waals surface area contributed by atoms with E-state index in [1.807, 2.05) is 30.3 Å². The van der Waals surface area contributed by atoms with Crippen LogP contribution in [-0.4, -0.2) is 25.3 Å². The number of aliphatic imine (C=N–C) groups is 1. The Labute approximate surface area is 109 Å². The van der Waals surface area contributed by atoms with Crippen molar-refractivity contribution in [2.75, 3.05) is 7.11 Å². The molecule has 0 saturated heterocycles. The second kappa shape index (κ2) is 8.45. The fourth-order valence-electron chi connectivity index (χ4n) is 1.69. The first kappa shape index (κ1) is 14.4. The van der Waals surface area contributed by atoms with Crippen molar-refractivity contribution >= 4 is 12.2 Å². The highest BCUT2D eigenvalue weighted by Crippen LogP contribution is 2.08. The van der Waals surface area contributed by atoms with Gasteiger partial charge in [-0.1, -0.05) is 56.5 Å². The summed E-state index contributed by atoms with van der Waals surface area (Å²) in [6, 6.07) is 9.41. The van der Waals surface area contributed by atoms with Crippen LogP contribution in [0.15, 0.2) is 35.3 Å². The third kappa shape index (κ3) is 5.13. The average molecular weight is 247 g/mol. The average Bonchev–Trinajstić information content (AvgIpc) is 2.43. The van der Waals surface area contributed by atoms with Crippen LogP contribution >= 0.6 is 0 Å². The van der Waals surface area contributed by atoms with Crippen molar-refractivity contribution in [3.05, 3.63) is 35.9 Å². The number of carbonyl (C=O) groups is 1. The first-order valence-corrected chi connectivity index (χ1v) is 6.44. The molecule has 18 heavy (non-hydrogen) atoms. The molecule has 1 aromatic carbocycles. The largest absolute Gasteiger partial charge is 0.467 e. The van der Waals surface area contributed by atoms with Crippen molar-refractivity contribution in [2.45, 2.75) is 38.6 Å². The predicted molar refractivity (Wildman–Crippen MR) is 74.0 cm³/mol. The normalized spacial score (nSPS) is 12.6. The molecule has 3 nitrogen and oxygen atoms in total. The summed E-state index contributed by atoms with van der Waals surface area (Å²) < 4.78 is 4.78. The summed E-state index contributed by atoms with van der Waals surface area (Å²) in [5, 5.41) is 0. The molecule has 1 aromatic rings. The molecular weight excluding hydrogens is 226 g/mol. The lowest BCUT2D eigenvalue weighted by Crippen LogP contribution is -2.20. The molecule has 0 aliphatic carbocycles. The van der Waals surface area contributed by atoms with Gasteiger partial charge in [-0.3, -0.25) is 4.99 Å². The van der Waals surface area contributed by atoms with E-state index >= 15 is 0 Å². The molecule has 1 atom stereocenters. The Hall–Kier alpha value is -1.64. The molecule has 98 valence electrons. The van der Waals surface area contributed by atoms with Gasteiger partial charge in [-0.05, 0) is 12.0 Å². The van der Waals surface area contributed by atoms with Gasteiger partial charge in [0.05, 0.1) is 7.11 Å². The van der Waals surface area contributed by atoms with Crippen LogP contribution in [0.1, 0.15) is 38.2 Å².